The summed E-state index contributed by atoms with van der Waals surface area (Å²) in [6.45, 7) is 2.31. The average molecular weight is 252 g/mol. The number of nitrogens with one attached hydrogen (secondary N) is 1. The summed E-state index contributed by atoms with van der Waals surface area (Å²) in [5.74, 6) is 3.21. The lowest BCUT2D eigenvalue weighted by molar-refractivity contribution is 0.602. The van der Waals surface area contributed by atoms with Crippen LogP contribution < -0.4 is 5.32 Å². The number of aromatic nitrogens is 2. The van der Waals surface area contributed by atoms with Crippen molar-refractivity contribution in [1.82, 2.24) is 9.97 Å². The number of hydrogen-bond donors (Lipinski definition) is 1. The van der Waals surface area contributed by atoms with E-state index in [2.05, 4.69) is 22.2 Å². The molecule has 0 radical (unpaired) electrons. The molecule has 92 valence electrons. The molecule has 1 heterocycles. The molecular weight excluding hydrogens is 234 g/mol. The second-order valence-corrected chi connectivity index (χ2v) is 5.86. The van der Waals surface area contributed by atoms with E-state index in [1.165, 1.54) is 32.1 Å². The minimum atomic E-state index is 0.553. The van der Waals surface area contributed by atoms with Crippen LogP contribution >= 0.6 is 11.6 Å². The summed E-state index contributed by atoms with van der Waals surface area (Å²) in [6, 6.07) is 2.40. The van der Waals surface area contributed by atoms with Crippen molar-refractivity contribution >= 4 is 17.4 Å². The van der Waals surface area contributed by atoms with Gasteiger partial charge in [-0.3, -0.25) is 0 Å². The van der Waals surface area contributed by atoms with Crippen LogP contribution in [0.2, 0.25) is 5.15 Å². The smallest absolute Gasteiger partial charge is 0.135 e. The Labute approximate surface area is 107 Å². The van der Waals surface area contributed by atoms with Crippen LogP contribution in [0.15, 0.2) is 6.07 Å². The van der Waals surface area contributed by atoms with E-state index in [1.54, 1.807) is 0 Å². The second-order valence-electron chi connectivity index (χ2n) is 5.47. The molecule has 17 heavy (non-hydrogen) atoms. The molecule has 0 spiro atoms. The second kappa shape index (κ2) is 4.45. The molecule has 0 aliphatic heterocycles. The van der Waals surface area contributed by atoms with E-state index in [1.807, 2.05) is 6.07 Å². The van der Waals surface area contributed by atoms with Crippen molar-refractivity contribution in [3.63, 3.8) is 0 Å². The zero-order chi connectivity index (χ0) is 11.8. The fourth-order valence-electron chi connectivity index (χ4n) is 2.58. The van der Waals surface area contributed by atoms with Crippen molar-refractivity contribution in [2.24, 2.45) is 5.92 Å². The minimum absolute atomic E-state index is 0.553. The Morgan fingerprint density at radius 1 is 1.24 bits per heavy atom. The Balaban J connectivity index is 1.73. The van der Waals surface area contributed by atoms with E-state index < -0.39 is 0 Å². The van der Waals surface area contributed by atoms with E-state index in [4.69, 9.17) is 11.6 Å². The maximum absolute atomic E-state index is 6.04. The monoisotopic (exact) mass is 251 g/mol. The number of halogens is 1. The van der Waals surface area contributed by atoms with Crippen LogP contribution in [0.5, 0.6) is 0 Å². The van der Waals surface area contributed by atoms with Gasteiger partial charge in [0.25, 0.3) is 0 Å². The lowest BCUT2D eigenvalue weighted by atomic mass is 10.1. The highest BCUT2D eigenvalue weighted by molar-refractivity contribution is 6.29. The average Bonchev–Trinajstić information content (AvgIpc) is 3.03. The van der Waals surface area contributed by atoms with Gasteiger partial charge in [-0.15, -0.1) is 0 Å². The summed E-state index contributed by atoms with van der Waals surface area (Å²) in [4.78, 5) is 8.88. The van der Waals surface area contributed by atoms with Crippen LogP contribution in [0.25, 0.3) is 0 Å². The van der Waals surface area contributed by atoms with Crippen molar-refractivity contribution in [3.05, 3.63) is 17.0 Å². The summed E-state index contributed by atoms with van der Waals surface area (Å²) in [5, 5.41) is 4.06. The Morgan fingerprint density at radius 2 is 2.06 bits per heavy atom. The van der Waals surface area contributed by atoms with Gasteiger partial charge in [0, 0.05) is 18.0 Å². The lowest BCUT2D eigenvalue weighted by Gasteiger charge is -2.13. The first-order valence-corrected chi connectivity index (χ1v) is 6.89. The number of rotatable bonds is 3. The van der Waals surface area contributed by atoms with Gasteiger partial charge >= 0.3 is 0 Å². The molecule has 0 bridgehead atoms. The van der Waals surface area contributed by atoms with Crippen LogP contribution in [0, 0.1) is 5.92 Å². The maximum Gasteiger partial charge on any atom is 0.135 e. The van der Waals surface area contributed by atoms with Crippen LogP contribution in [0.1, 0.15) is 50.8 Å². The molecule has 2 atom stereocenters. The molecule has 1 aromatic heterocycles. The van der Waals surface area contributed by atoms with E-state index in [-0.39, 0.29) is 0 Å². The van der Waals surface area contributed by atoms with Crippen molar-refractivity contribution in [2.45, 2.75) is 51.0 Å². The van der Waals surface area contributed by atoms with Gasteiger partial charge < -0.3 is 5.32 Å². The van der Waals surface area contributed by atoms with Crippen molar-refractivity contribution in [2.75, 3.05) is 5.32 Å². The van der Waals surface area contributed by atoms with E-state index in [0.29, 0.717) is 17.1 Å². The molecule has 0 saturated heterocycles. The fraction of sp³-hybridized carbons (Fsp3) is 0.692. The predicted molar refractivity (Wildman–Crippen MR) is 69.4 cm³/mol. The summed E-state index contributed by atoms with van der Waals surface area (Å²) in [7, 11) is 0. The molecule has 0 amide bonds. The molecule has 2 aliphatic carbocycles. The first-order chi connectivity index (χ1) is 8.20. The normalized spacial score (nSPS) is 28.4. The van der Waals surface area contributed by atoms with Crippen molar-refractivity contribution < 1.29 is 0 Å². The van der Waals surface area contributed by atoms with Gasteiger partial charge in [-0.25, -0.2) is 9.97 Å². The van der Waals surface area contributed by atoms with E-state index >= 15 is 0 Å². The van der Waals surface area contributed by atoms with Gasteiger partial charge in [-0.1, -0.05) is 18.5 Å². The molecule has 0 aromatic carbocycles. The van der Waals surface area contributed by atoms with Gasteiger partial charge in [0.2, 0.25) is 0 Å². The Hall–Kier alpha value is -0.830. The van der Waals surface area contributed by atoms with Gasteiger partial charge in [-0.05, 0) is 38.0 Å². The SMILES string of the molecule is CC1CCC(Nc2cc(Cl)nc(C3CC3)n2)C1. The first-order valence-electron chi connectivity index (χ1n) is 6.51. The third kappa shape index (κ3) is 2.71. The zero-order valence-electron chi connectivity index (χ0n) is 10.1. The molecule has 1 aromatic rings. The number of hydrogen-bond acceptors (Lipinski definition) is 3. The third-order valence-corrected chi connectivity index (χ3v) is 3.90. The molecule has 2 fully saturated rings. The largest absolute Gasteiger partial charge is 0.367 e. The molecule has 2 saturated carbocycles. The summed E-state index contributed by atoms with van der Waals surface area (Å²) in [6.07, 6.45) is 6.20. The number of nitrogens with zero attached hydrogens (tertiary/aromatic N) is 2. The van der Waals surface area contributed by atoms with Crippen molar-refractivity contribution in [3.8, 4) is 0 Å². The topological polar surface area (TPSA) is 37.8 Å². The van der Waals surface area contributed by atoms with Gasteiger partial charge in [0.1, 0.15) is 16.8 Å². The minimum Gasteiger partial charge on any atom is -0.367 e. The standard InChI is InChI=1S/C13H18ClN3/c1-8-2-5-10(6-8)15-12-7-11(14)16-13(17-12)9-3-4-9/h7-10H,2-6H2,1H3,(H,15,16,17). The highest BCUT2D eigenvalue weighted by atomic mass is 35.5. The van der Waals surface area contributed by atoms with Gasteiger partial charge in [0.05, 0.1) is 0 Å². The molecular formula is C13H18ClN3. The molecule has 4 heteroatoms. The highest BCUT2D eigenvalue weighted by Crippen LogP contribution is 2.39. The quantitative estimate of drug-likeness (QED) is 0.834. The fourth-order valence-corrected chi connectivity index (χ4v) is 2.77. The highest BCUT2D eigenvalue weighted by Gasteiger charge is 2.28. The Kier molecular flexibility index (Phi) is 2.95. The van der Waals surface area contributed by atoms with Gasteiger partial charge in [0.15, 0.2) is 0 Å². The maximum atomic E-state index is 6.04. The molecule has 3 rings (SSSR count). The first kappa shape index (κ1) is 11.3. The lowest BCUT2D eigenvalue weighted by Crippen LogP contribution is -2.16. The Morgan fingerprint density at radius 3 is 2.71 bits per heavy atom. The third-order valence-electron chi connectivity index (χ3n) is 3.70. The van der Waals surface area contributed by atoms with E-state index in [0.717, 1.165) is 17.6 Å². The van der Waals surface area contributed by atoms with Crippen molar-refractivity contribution in [1.29, 1.82) is 0 Å². The van der Waals surface area contributed by atoms with Crippen LogP contribution in [0.4, 0.5) is 5.82 Å². The molecule has 2 aliphatic rings. The van der Waals surface area contributed by atoms with Crippen LogP contribution in [-0.2, 0) is 0 Å². The molecule has 3 nitrogen and oxygen atoms in total. The zero-order valence-corrected chi connectivity index (χ0v) is 10.9. The molecule has 2 unspecified atom stereocenters. The van der Waals surface area contributed by atoms with Crippen LogP contribution in [0.3, 0.4) is 0 Å². The number of anilines is 1. The van der Waals surface area contributed by atoms with E-state index in [9.17, 15) is 0 Å². The summed E-state index contributed by atoms with van der Waals surface area (Å²) in [5.41, 5.74) is 0. The molecule has 1 N–H and O–H groups in total. The predicted octanol–water partition coefficient (Wildman–Crippen LogP) is 3.61. The Bertz CT molecular complexity index is 417. The summed E-state index contributed by atoms with van der Waals surface area (Å²) < 4.78 is 0. The van der Waals surface area contributed by atoms with Crippen LogP contribution in [-0.4, -0.2) is 16.0 Å². The van der Waals surface area contributed by atoms with Gasteiger partial charge in [-0.2, -0.15) is 0 Å². The summed E-state index contributed by atoms with van der Waals surface area (Å²) >= 11 is 6.04.